The van der Waals surface area contributed by atoms with Gasteiger partial charge in [0.15, 0.2) is 0 Å². The molecular formula is C17H18N4O. The highest BCUT2D eigenvalue weighted by molar-refractivity contribution is 5.92. The maximum atomic E-state index is 12.4. The summed E-state index contributed by atoms with van der Waals surface area (Å²) < 4.78 is 1.33. The predicted octanol–water partition coefficient (Wildman–Crippen LogP) is 3.61. The Kier molecular flexibility index (Phi) is 5.03. The number of anilines is 1. The molecule has 0 atom stereocenters. The van der Waals surface area contributed by atoms with Crippen LogP contribution in [0, 0.1) is 0 Å². The number of amides is 1. The molecule has 0 bridgehead atoms. The number of rotatable bonds is 4. The highest BCUT2D eigenvalue weighted by atomic mass is 16.2. The molecule has 22 heavy (non-hydrogen) atoms. The van der Waals surface area contributed by atoms with Gasteiger partial charge in [-0.25, -0.2) is 4.79 Å². The summed E-state index contributed by atoms with van der Waals surface area (Å²) in [5.74, 6) is 0. The zero-order chi connectivity index (χ0) is 15.9. The first-order chi connectivity index (χ1) is 10.6. The third kappa shape index (κ3) is 3.58. The second-order valence-corrected chi connectivity index (χ2v) is 4.70. The van der Waals surface area contributed by atoms with E-state index in [9.17, 15) is 4.79 Å². The summed E-state index contributed by atoms with van der Waals surface area (Å²) in [7, 11) is 1.72. The summed E-state index contributed by atoms with van der Waals surface area (Å²) in [6, 6.07) is 11.0. The largest absolute Gasteiger partial charge is 0.348 e. The molecule has 0 N–H and O–H groups in total. The maximum absolute atomic E-state index is 12.4. The normalized spacial score (nSPS) is 11.6. The number of carbonyl (C=O) groups is 1. The summed E-state index contributed by atoms with van der Waals surface area (Å²) in [6.45, 7) is 5.29. The van der Waals surface area contributed by atoms with Crippen molar-refractivity contribution in [1.29, 1.82) is 0 Å². The lowest BCUT2D eigenvalue weighted by molar-refractivity contribution is 0.246. The average molecular weight is 294 g/mol. The Morgan fingerprint density at radius 3 is 2.73 bits per heavy atom. The van der Waals surface area contributed by atoms with E-state index in [1.807, 2.05) is 43.3 Å². The smallest absolute Gasteiger partial charge is 0.296 e. The quantitative estimate of drug-likeness (QED) is 0.639. The molecule has 1 amide bonds. The first-order valence-electron chi connectivity index (χ1n) is 6.82. The molecule has 5 nitrogen and oxygen atoms in total. The van der Waals surface area contributed by atoms with E-state index in [4.69, 9.17) is 0 Å². The van der Waals surface area contributed by atoms with Crippen LogP contribution in [0.1, 0.15) is 12.6 Å². The minimum Gasteiger partial charge on any atom is -0.296 e. The number of allylic oxidation sites excluding steroid dienone is 3. The minimum absolute atomic E-state index is 0.214. The van der Waals surface area contributed by atoms with Crippen molar-refractivity contribution in [2.75, 3.05) is 11.9 Å². The van der Waals surface area contributed by atoms with Crippen molar-refractivity contribution in [3.05, 3.63) is 66.6 Å². The van der Waals surface area contributed by atoms with Crippen LogP contribution in [0.5, 0.6) is 0 Å². The molecule has 0 aliphatic heterocycles. The van der Waals surface area contributed by atoms with Crippen LogP contribution in [-0.2, 0) is 0 Å². The molecular weight excluding hydrogens is 276 g/mol. The van der Waals surface area contributed by atoms with Crippen molar-refractivity contribution in [3.63, 3.8) is 0 Å². The number of hydrogen-bond donors (Lipinski definition) is 0. The van der Waals surface area contributed by atoms with Crippen LogP contribution >= 0.6 is 0 Å². The van der Waals surface area contributed by atoms with Crippen LogP contribution in [0.2, 0.25) is 0 Å². The second-order valence-electron chi connectivity index (χ2n) is 4.70. The van der Waals surface area contributed by atoms with Gasteiger partial charge in [0, 0.05) is 25.1 Å². The highest BCUT2D eigenvalue weighted by Crippen LogP contribution is 2.14. The number of nitrogens with zero attached hydrogens (tertiary/aromatic N) is 4. The van der Waals surface area contributed by atoms with Gasteiger partial charge in [-0.2, -0.15) is 9.78 Å². The molecule has 1 aromatic heterocycles. The molecule has 1 heterocycles. The molecule has 0 unspecified atom stereocenters. The van der Waals surface area contributed by atoms with Crippen molar-refractivity contribution in [1.82, 2.24) is 9.78 Å². The summed E-state index contributed by atoms with van der Waals surface area (Å²) in [6.07, 6.45) is 6.89. The lowest BCUT2D eigenvalue weighted by Crippen LogP contribution is -2.31. The van der Waals surface area contributed by atoms with Crippen molar-refractivity contribution < 1.29 is 4.79 Å². The SMILES string of the molecule is C=NC=CC=C(C)c1ccn(C(=O)N(C)c2ccccc2)n1. The number of aliphatic imine (C=N–C) groups is 1. The van der Waals surface area contributed by atoms with Gasteiger partial charge in [0.05, 0.1) is 5.69 Å². The summed E-state index contributed by atoms with van der Waals surface area (Å²) in [4.78, 5) is 17.6. The maximum Gasteiger partial charge on any atom is 0.348 e. The third-order valence-electron chi connectivity index (χ3n) is 3.16. The molecule has 0 saturated carbocycles. The molecule has 5 heteroatoms. The number of hydrogen-bond acceptors (Lipinski definition) is 3. The lowest BCUT2D eigenvalue weighted by Gasteiger charge is -2.16. The van der Waals surface area contributed by atoms with Gasteiger partial charge in [-0.15, -0.1) is 0 Å². The zero-order valence-corrected chi connectivity index (χ0v) is 12.7. The third-order valence-corrected chi connectivity index (χ3v) is 3.16. The molecule has 112 valence electrons. The van der Waals surface area contributed by atoms with Gasteiger partial charge in [0.25, 0.3) is 0 Å². The molecule has 0 spiro atoms. The number of carbonyl (C=O) groups excluding carboxylic acids is 1. The summed E-state index contributed by atoms with van der Waals surface area (Å²) in [5, 5.41) is 4.31. The Labute approximate surface area is 129 Å². The molecule has 2 aromatic rings. The fourth-order valence-electron chi connectivity index (χ4n) is 1.89. The van der Waals surface area contributed by atoms with Crippen LogP contribution in [-0.4, -0.2) is 29.6 Å². The van der Waals surface area contributed by atoms with Crippen molar-refractivity contribution >= 4 is 24.0 Å². The van der Waals surface area contributed by atoms with Gasteiger partial charge in [-0.1, -0.05) is 24.3 Å². The van der Waals surface area contributed by atoms with E-state index >= 15 is 0 Å². The Bertz CT molecular complexity index is 713. The number of benzene rings is 1. The zero-order valence-electron chi connectivity index (χ0n) is 12.7. The molecule has 1 aromatic carbocycles. The first-order valence-corrected chi connectivity index (χ1v) is 6.82. The molecule has 0 aliphatic rings. The van der Waals surface area contributed by atoms with E-state index in [-0.39, 0.29) is 6.03 Å². The van der Waals surface area contributed by atoms with E-state index in [1.165, 1.54) is 4.68 Å². The van der Waals surface area contributed by atoms with Crippen LogP contribution in [0.3, 0.4) is 0 Å². The molecule has 0 saturated heterocycles. The number of aromatic nitrogens is 2. The van der Waals surface area contributed by atoms with Crippen molar-refractivity contribution in [2.24, 2.45) is 4.99 Å². The minimum atomic E-state index is -0.214. The average Bonchev–Trinajstić information content (AvgIpc) is 3.04. The molecule has 2 rings (SSSR count). The first kappa shape index (κ1) is 15.4. The Morgan fingerprint density at radius 1 is 1.32 bits per heavy atom. The Balaban J connectivity index is 2.17. The second kappa shape index (κ2) is 7.17. The predicted molar refractivity (Wildman–Crippen MR) is 90.2 cm³/mol. The standard InChI is InChI=1S/C17H18N4O/c1-14(8-7-12-18-2)16-11-13-21(19-16)17(22)20(3)15-9-5-4-6-10-15/h4-13H,2H2,1,3H3. The summed E-state index contributed by atoms with van der Waals surface area (Å²) in [5.41, 5.74) is 2.49. The van der Waals surface area contributed by atoms with Gasteiger partial charge in [0.2, 0.25) is 0 Å². The molecule has 0 radical (unpaired) electrons. The van der Waals surface area contributed by atoms with E-state index in [0.29, 0.717) is 0 Å². The Morgan fingerprint density at radius 2 is 2.05 bits per heavy atom. The van der Waals surface area contributed by atoms with Crippen LogP contribution < -0.4 is 4.90 Å². The number of para-hydroxylation sites is 1. The van der Waals surface area contributed by atoms with E-state index < -0.39 is 0 Å². The van der Waals surface area contributed by atoms with Gasteiger partial charge in [0.1, 0.15) is 0 Å². The van der Waals surface area contributed by atoms with Gasteiger partial charge < -0.3 is 0 Å². The topological polar surface area (TPSA) is 50.5 Å². The fourth-order valence-corrected chi connectivity index (χ4v) is 1.89. The van der Waals surface area contributed by atoms with Crippen molar-refractivity contribution in [2.45, 2.75) is 6.92 Å². The van der Waals surface area contributed by atoms with Crippen LogP contribution in [0.15, 0.2) is 65.9 Å². The van der Waals surface area contributed by atoms with Crippen LogP contribution in [0.25, 0.3) is 5.57 Å². The fraction of sp³-hybridized carbons (Fsp3) is 0.118. The molecule has 0 fully saturated rings. The van der Waals surface area contributed by atoms with Crippen LogP contribution in [0.4, 0.5) is 10.5 Å². The highest BCUT2D eigenvalue weighted by Gasteiger charge is 2.14. The van der Waals surface area contributed by atoms with E-state index in [0.717, 1.165) is 17.0 Å². The molecule has 0 aliphatic carbocycles. The van der Waals surface area contributed by atoms with Gasteiger partial charge in [-0.3, -0.25) is 9.89 Å². The van der Waals surface area contributed by atoms with Crippen molar-refractivity contribution in [3.8, 4) is 0 Å². The van der Waals surface area contributed by atoms with E-state index in [1.54, 1.807) is 36.5 Å². The monoisotopic (exact) mass is 294 g/mol. The summed E-state index contributed by atoms with van der Waals surface area (Å²) >= 11 is 0. The van der Waals surface area contributed by atoms with Gasteiger partial charge >= 0.3 is 6.03 Å². The van der Waals surface area contributed by atoms with E-state index in [2.05, 4.69) is 16.8 Å². The van der Waals surface area contributed by atoms with Gasteiger partial charge in [-0.05, 0) is 43.5 Å². The Hall–Kier alpha value is -2.95. The lowest BCUT2D eigenvalue weighted by atomic mass is 10.2.